The molecule has 1 aliphatic carbocycles. The van der Waals surface area contributed by atoms with E-state index < -0.39 is 21.5 Å². The summed E-state index contributed by atoms with van der Waals surface area (Å²) >= 11 is 0. The van der Waals surface area contributed by atoms with Crippen LogP contribution in [0.3, 0.4) is 0 Å². The SMILES string of the molecule is CN(C(C)(C)C(=O)O)S(=O)(=O)c1ccnn1C1CCCC1. The minimum atomic E-state index is -3.91. The van der Waals surface area contributed by atoms with Crippen molar-refractivity contribution in [2.24, 2.45) is 0 Å². The Morgan fingerprint density at radius 3 is 2.52 bits per heavy atom. The molecular weight excluding hydrogens is 294 g/mol. The van der Waals surface area contributed by atoms with Gasteiger partial charge in [-0.2, -0.15) is 9.40 Å². The highest BCUT2D eigenvalue weighted by molar-refractivity contribution is 7.89. The molecule has 2 rings (SSSR count). The summed E-state index contributed by atoms with van der Waals surface area (Å²) in [7, 11) is -2.63. The van der Waals surface area contributed by atoms with Crippen molar-refractivity contribution in [1.82, 2.24) is 14.1 Å². The van der Waals surface area contributed by atoms with Gasteiger partial charge >= 0.3 is 5.97 Å². The zero-order valence-electron chi connectivity index (χ0n) is 12.5. The normalized spacial score (nSPS) is 17.5. The largest absolute Gasteiger partial charge is 0.480 e. The first kappa shape index (κ1) is 16.0. The molecule has 1 heterocycles. The lowest BCUT2D eigenvalue weighted by Gasteiger charge is -2.30. The van der Waals surface area contributed by atoms with Gasteiger partial charge in [-0.25, -0.2) is 13.1 Å². The number of carboxylic acids is 1. The van der Waals surface area contributed by atoms with Gasteiger partial charge < -0.3 is 5.11 Å². The summed E-state index contributed by atoms with van der Waals surface area (Å²) in [6.45, 7) is 2.73. The van der Waals surface area contributed by atoms with Crippen LogP contribution in [0, 0.1) is 0 Å². The zero-order chi connectivity index (χ0) is 15.8. The first-order chi connectivity index (χ1) is 9.69. The maximum absolute atomic E-state index is 12.7. The molecule has 0 radical (unpaired) electrons. The van der Waals surface area contributed by atoms with E-state index in [1.54, 1.807) is 0 Å². The van der Waals surface area contributed by atoms with E-state index in [0.717, 1.165) is 30.0 Å². The first-order valence-electron chi connectivity index (χ1n) is 6.95. The molecule has 0 saturated heterocycles. The standard InChI is InChI=1S/C13H21N3O4S/c1-13(2,12(17)18)15(3)21(19,20)11-8-9-14-16(11)10-6-4-5-7-10/h8-10H,4-7H2,1-3H3,(H,17,18). The fourth-order valence-corrected chi connectivity index (χ4v) is 4.13. The van der Waals surface area contributed by atoms with Gasteiger partial charge in [0.25, 0.3) is 10.0 Å². The van der Waals surface area contributed by atoms with E-state index in [1.807, 2.05) is 0 Å². The van der Waals surface area contributed by atoms with E-state index in [-0.39, 0.29) is 11.1 Å². The number of rotatable bonds is 5. The van der Waals surface area contributed by atoms with Crippen LogP contribution >= 0.6 is 0 Å². The number of hydrogen-bond acceptors (Lipinski definition) is 4. The lowest BCUT2D eigenvalue weighted by Crippen LogP contribution is -2.51. The Morgan fingerprint density at radius 1 is 1.43 bits per heavy atom. The summed E-state index contributed by atoms with van der Waals surface area (Å²) in [5.74, 6) is -1.19. The molecular formula is C13H21N3O4S. The van der Waals surface area contributed by atoms with E-state index in [9.17, 15) is 18.3 Å². The molecule has 7 nitrogen and oxygen atoms in total. The molecule has 0 aromatic carbocycles. The van der Waals surface area contributed by atoms with Crippen LogP contribution in [0.5, 0.6) is 0 Å². The predicted molar refractivity (Wildman–Crippen MR) is 76.4 cm³/mol. The van der Waals surface area contributed by atoms with Crippen molar-refractivity contribution in [3.8, 4) is 0 Å². The van der Waals surface area contributed by atoms with Crippen LogP contribution in [-0.4, -0.2) is 46.2 Å². The second-order valence-electron chi connectivity index (χ2n) is 5.89. The van der Waals surface area contributed by atoms with Crippen molar-refractivity contribution in [2.45, 2.75) is 56.1 Å². The second kappa shape index (κ2) is 5.42. The van der Waals surface area contributed by atoms with Crippen molar-refractivity contribution < 1.29 is 18.3 Å². The summed E-state index contributed by atoms with van der Waals surface area (Å²) in [6, 6.07) is 1.51. The number of carboxylic acid groups (broad SMARTS) is 1. The summed E-state index contributed by atoms with van der Waals surface area (Å²) < 4.78 is 27.9. The molecule has 1 fully saturated rings. The zero-order valence-corrected chi connectivity index (χ0v) is 13.3. The van der Waals surface area contributed by atoms with Crippen LogP contribution in [0.15, 0.2) is 17.3 Å². The summed E-state index contributed by atoms with van der Waals surface area (Å²) in [6.07, 6.45) is 5.36. The maximum atomic E-state index is 12.7. The Hall–Kier alpha value is -1.41. The quantitative estimate of drug-likeness (QED) is 0.888. The van der Waals surface area contributed by atoms with Gasteiger partial charge in [0.1, 0.15) is 5.54 Å². The van der Waals surface area contributed by atoms with Crippen molar-refractivity contribution in [1.29, 1.82) is 0 Å². The van der Waals surface area contributed by atoms with Crippen molar-refractivity contribution in [3.05, 3.63) is 12.3 Å². The fraction of sp³-hybridized carbons (Fsp3) is 0.692. The molecule has 1 saturated carbocycles. The van der Waals surface area contributed by atoms with E-state index in [4.69, 9.17) is 0 Å². The Bertz CT molecular complexity index is 630. The maximum Gasteiger partial charge on any atom is 0.324 e. The minimum absolute atomic E-state index is 0.0613. The third kappa shape index (κ3) is 2.69. The minimum Gasteiger partial charge on any atom is -0.480 e. The Kier molecular flexibility index (Phi) is 4.12. The van der Waals surface area contributed by atoms with Gasteiger partial charge in [-0.1, -0.05) is 12.8 Å². The van der Waals surface area contributed by atoms with Crippen LogP contribution in [0.4, 0.5) is 0 Å². The number of sulfonamides is 1. The van der Waals surface area contributed by atoms with E-state index in [1.165, 1.54) is 37.8 Å². The Labute approximate surface area is 124 Å². The highest BCUT2D eigenvalue weighted by Gasteiger charge is 2.42. The highest BCUT2D eigenvalue weighted by Crippen LogP contribution is 2.32. The highest BCUT2D eigenvalue weighted by atomic mass is 32.2. The summed E-state index contributed by atoms with van der Waals surface area (Å²) in [4.78, 5) is 11.3. The third-order valence-corrected chi connectivity index (χ3v) is 6.27. The average molecular weight is 315 g/mol. The molecule has 0 spiro atoms. The number of nitrogens with zero attached hydrogens (tertiary/aromatic N) is 3. The number of aliphatic carboxylic acids is 1. The fourth-order valence-electron chi connectivity index (χ4n) is 2.50. The Balaban J connectivity index is 2.41. The van der Waals surface area contributed by atoms with E-state index >= 15 is 0 Å². The van der Waals surface area contributed by atoms with Gasteiger partial charge in [0, 0.05) is 7.05 Å². The molecule has 1 aromatic heterocycles. The molecule has 21 heavy (non-hydrogen) atoms. The van der Waals surface area contributed by atoms with Crippen LogP contribution in [-0.2, 0) is 14.8 Å². The van der Waals surface area contributed by atoms with Gasteiger partial charge in [-0.15, -0.1) is 0 Å². The molecule has 1 aromatic rings. The molecule has 1 N–H and O–H groups in total. The van der Waals surface area contributed by atoms with Gasteiger partial charge in [0.2, 0.25) is 0 Å². The van der Waals surface area contributed by atoms with Gasteiger partial charge in [-0.3, -0.25) is 4.79 Å². The molecule has 8 heteroatoms. The summed E-state index contributed by atoms with van der Waals surface area (Å²) in [5.41, 5.74) is -1.52. The average Bonchev–Trinajstić information content (AvgIpc) is 3.07. The summed E-state index contributed by atoms with van der Waals surface area (Å²) in [5, 5.41) is 13.4. The molecule has 0 amide bonds. The molecule has 0 aliphatic heterocycles. The van der Waals surface area contributed by atoms with Gasteiger partial charge in [0.15, 0.2) is 5.03 Å². The molecule has 0 atom stereocenters. The van der Waals surface area contributed by atoms with Gasteiger partial charge in [-0.05, 0) is 32.8 Å². The first-order valence-corrected chi connectivity index (χ1v) is 8.39. The van der Waals surface area contributed by atoms with Crippen molar-refractivity contribution in [3.63, 3.8) is 0 Å². The topological polar surface area (TPSA) is 92.5 Å². The Morgan fingerprint density at radius 2 is 2.00 bits per heavy atom. The van der Waals surface area contributed by atoms with Crippen molar-refractivity contribution >= 4 is 16.0 Å². The van der Waals surface area contributed by atoms with Crippen LogP contribution in [0.25, 0.3) is 0 Å². The van der Waals surface area contributed by atoms with Crippen LogP contribution in [0.2, 0.25) is 0 Å². The molecule has 1 aliphatic rings. The third-order valence-electron chi connectivity index (χ3n) is 4.24. The monoisotopic (exact) mass is 315 g/mol. The smallest absolute Gasteiger partial charge is 0.324 e. The van der Waals surface area contributed by atoms with E-state index in [2.05, 4.69) is 5.10 Å². The number of aromatic nitrogens is 2. The van der Waals surface area contributed by atoms with Crippen LogP contribution < -0.4 is 0 Å². The van der Waals surface area contributed by atoms with E-state index in [0.29, 0.717) is 0 Å². The number of hydrogen-bond donors (Lipinski definition) is 1. The van der Waals surface area contributed by atoms with Crippen molar-refractivity contribution in [2.75, 3.05) is 7.05 Å². The van der Waals surface area contributed by atoms with Gasteiger partial charge in [0.05, 0.1) is 12.2 Å². The number of carbonyl (C=O) groups is 1. The lowest BCUT2D eigenvalue weighted by atomic mass is 10.1. The molecule has 0 unspecified atom stereocenters. The number of likely N-dealkylation sites (N-methyl/N-ethyl adjacent to an activating group) is 1. The van der Waals surface area contributed by atoms with Crippen LogP contribution in [0.1, 0.15) is 45.6 Å². The second-order valence-corrected chi connectivity index (χ2v) is 7.81. The lowest BCUT2D eigenvalue weighted by molar-refractivity contribution is -0.145. The molecule has 118 valence electrons. The predicted octanol–water partition coefficient (Wildman–Crippen LogP) is 1.48. The molecule has 0 bridgehead atoms.